The maximum absolute atomic E-state index is 13.7. The Bertz CT molecular complexity index is 545. The van der Waals surface area contributed by atoms with E-state index in [1.54, 1.807) is 0 Å². The summed E-state index contributed by atoms with van der Waals surface area (Å²) in [6.45, 7) is 12.9. The van der Waals surface area contributed by atoms with Gasteiger partial charge in [0.2, 0.25) is 0 Å². The maximum Gasteiger partial charge on any atom is 0.191 e. The molecule has 0 aliphatic rings. The molecular weight excluding hydrogens is 334 g/mol. The Morgan fingerprint density at radius 1 is 1.19 bits per heavy atom. The number of halogens is 2. The standard InChI is InChI=1S/C20H34F2N4/c1-5-23-20(25-16(4)9-8-14-26(6-2)7-3)24-13-12-17-15-18(21)10-11-19(17)22/h10-11,15-16H,5-9,12-14H2,1-4H3,(H2,23,24,25). The minimum atomic E-state index is -0.419. The van der Waals surface area contributed by atoms with Crippen molar-refractivity contribution in [3.8, 4) is 0 Å². The summed E-state index contributed by atoms with van der Waals surface area (Å²) in [5.74, 6) is -0.0822. The van der Waals surface area contributed by atoms with E-state index in [0.717, 1.165) is 57.1 Å². The lowest BCUT2D eigenvalue weighted by Gasteiger charge is -2.21. The van der Waals surface area contributed by atoms with Crippen molar-refractivity contribution < 1.29 is 8.78 Å². The number of guanidine groups is 1. The van der Waals surface area contributed by atoms with Crippen molar-refractivity contribution in [3.63, 3.8) is 0 Å². The van der Waals surface area contributed by atoms with Crippen LogP contribution >= 0.6 is 0 Å². The van der Waals surface area contributed by atoms with Gasteiger partial charge in [-0.1, -0.05) is 13.8 Å². The molecule has 0 radical (unpaired) electrons. The molecule has 6 heteroatoms. The molecule has 0 bridgehead atoms. The third-order valence-electron chi connectivity index (χ3n) is 4.39. The van der Waals surface area contributed by atoms with E-state index in [1.165, 1.54) is 6.07 Å². The van der Waals surface area contributed by atoms with Crippen molar-refractivity contribution in [2.45, 2.75) is 53.0 Å². The Kier molecular flexibility index (Phi) is 10.9. The summed E-state index contributed by atoms with van der Waals surface area (Å²) in [7, 11) is 0. The van der Waals surface area contributed by atoms with Crippen molar-refractivity contribution in [2.24, 2.45) is 4.99 Å². The highest BCUT2D eigenvalue weighted by molar-refractivity contribution is 5.80. The lowest BCUT2D eigenvalue weighted by Crippen LogP contribution is -2.42. The van der Waals surface area contributed by atoms with Gasteiger partial charge in [-0.15, -0.1) is 0 Å². The Labute approximate surface area is 157 Å². The first-order valence-electron chi connectivity index (χ1n) is 9.71. The van der Waals surface area contributed by atoms with E-state index >= 15 is 0 Å². The maximum atomic E-state index is 13.7. The molecule has 148 valence electrons. The second-order valence-electron chi connectivity index (χ2n) is 6.46. The van der Waals surface area contributed by atoms with Gasteiger partial charge in [0, 0.05) is 19.1 Å². The number of rotatable bonds is 11. The Morgan fingerprint density at radius 3 is 2.58 bits per heavy atom. The van der Waals surface area contributed by atoms with Crippen molar-refractivity contribution in [2.75, 3.05) is 32.7 Å². The molecule has 0 saturated carbocycles. The van der Waals surface area contributed by atoms with Crippen LogP contribution in [0.2, 0.25) is 0 Å². The molecule has 1 rings (SSSR count). The molecule has 1 unspecified atom stereocenters. The molecule has 1 atom stereocenters. The van der Waals surface area contributed by atoms with Gasteiger partial charge in [-0.2, -0.15) is 0 Å². The minimum Gasteiger partial charge on any atom is -0.357 e. The lowest BCUT2D eigenvalue weighted by molar-refractivity contribution is 0.292. The van der Waals surface area contributed by atoms with E-state index in [1.807, 2.05) is 6.92 Å². The second kappa shape index (κ2) is 12.6. The Hall–Kier alpha value is -1.69. The molecule has 0 aromatic heterocycles. The average Bonchev–Trinajstić information content (AvgIpc) is 2.62. The van der Waals surface area contributed by atoms with Crippen LogP contribution in [0.25, 0.3) is 0 Å². The van der Waals surface area contributed by atoms with E-state index in [2.05, 4.69) is 41.3 Å². The van der Waals surface area contributed by atoms with Crippen molar-refractivity contribution in [3.05, 3.63) is 35.4 Å². The predicted molar refractivity (Wildman–Crippen MR) is 106 cm³/mol. The summed E-state index contributed by atoms with van der Waals surface area (Å²) in [5, 5.41) is 6.60. The number of nitrogens with one attached hydrogen (secondary N) is 2. The van der Waals surface area contributed by atoms with Gasteiger partial charge in [0.25, 0.3) is 0 Å². The van der Waals surface area contributed by atoms with Crippen LogP contribution in [0.15, 0.2) is 23.2 Å². The van der Waals surface area contributed by atoms with Crippen LogP contribution in [-0.4, -0.2) is 49.6 Å². The van der Waals surface area contributed by atoms with Gasteiger partial charge in [-0.25, -0.2) is 8.78 Å². The molecule has 1 aromatic carbocycles. The lowest BCUT2D eigenvalue weighted by atomic mass is 10.1. The Balaban J connectivity index is 2.48. The van der Waals surface area contributed by atoms with Crippen LogP contribution in [0.4, 0.5) is 8.78 Å². The Morgan fingerprint density at radius 2 is 1.92 bits per heavy atom. The molecule has 0 fully saturated rings. The molecule has 0 saturated heterocycles. The van der Waals surface area contributed by atoms with Gasteiger partial charge in [-0.3, -0.25) is 4.99 Å². The van der Waals surface area contributed by atoms with E-state index in [-0.39, 0.29) is 5.82 Å². The van der Waals surface area contributed by atoms with Gasteiger partial charge in [0.15, 0.2) is 5.96 Å². The summed E-state index contributed by atoms with van der Waals surface area (Å²) in [6, 6.07) is 3.83. The van der Waals surface area contributed by atoms with Crippen LogP contribution in [0.3, 0.4) is 0 Å². The molecule has 0 spiro atoms. The fourth-order valence-electron chi connectivity index (χ4n) is 2.81. The van der Waals surface area contributed by atoms with E-state index in [9.17, 15) is 8.78 Å². The first-order chi connectivity index (χ1) is 12.5. The second-order valence-corrected chi connectivity index (χ2v) is 6.46. The van der Waals surface area contributed by atoms with Crippen LogP contribution < -0.4 is 10.6 Å². The zero-order valence-corrected chi connectivity index (χ0v) is 16.6. The van der Waals surface area contributed by atoms with E-state index < -0.39 is 5.82 Å². The first kappa shape index (κ1) is 22.4. The minimum absolute atomic E-state index is 0.300. The zero-order valence-electron chi connectivity index (χ0n) is 16.6. The molecule has 1 aromatic rings. The van der Waals surface area contributed by atoms with E-state index in [4.69, 9.17) is 0 Å². The van der Waals surface area contributed by atoms with Gasteiger partial charge in [-0.05, 0) is 76.5 Å². The third kappa shape index (κ3) is 8.61. The summed E-state index contributed by atoms with van der Waals surface area (Å²) in [4.78, 5) is 6.91. The number of aliphatic imine (C=N–C) groups is 1. The van der Waals surface area contributed by atoms with Gasteiger partial charge in [0.1, 0.15) is 11.6 Å². The van der Waals surface area contributed by atoms with Gasteiger partial charge < -0.3 is 15.5 Å². The van der Waals surface area contributed by atoms with Crippen molar-refractivity contribution in [1.82, 2.24) is 15.5 Å². The fraction of sp³-hybridized carbons (Fsp3) is 0.650. The highest BCUT2D eigenvalue weighted by Gasteiger charge is 2.07. The number of hydrogen-bond donors (Lipinski definition) is 2. The zero-order chi connectivity index (χ0) is 19.4. The third-order valence-corrected chi connectivity index (χ3v) is 4.39. The molecule has 2 N–H and O–H groups in total. The van der Waals surface area contributed by atoms with Crippen molar-refractivity contribution >= 4 is 5.96 Å². The van der Waals surface area contributed by atoms with E-state index in [0.29, 0.717) is 24.6 Å². The molecular formula is C20H34F2N4. The molecule has 4 nitrogen and oxygen atoms in total. The summed E-state index contributed by atoms with van der Waals surface area (Å²) < 4.78 is 26.9. The van der Waals surface area contributed by atoms with Crippen molar-refractivity contribution in [1.29, 1.82) is 0 Å². The molecule has 0 aliphatic heterocycles. The van der Waals surface area contributed by atoms with Crippen LogP contribution in [0, 0.1) is 11.6 Å². The highest BCUT2D eigenvalue weighted by Crippen LogP contribution is 2.10. The first-order valence-corrected chi connectivity index (χ1v) is 9.71. The highest BCUT2D eigenvalue weighted by atomic mass is 19.1. The number of nitrogens with zero attached hydrogens (tertiary/aromatic N) is 2. The summed E-state index contributed by atoms with van der Waals surface area (Å²) in [5.41, 5.74) is 0.358. The van der Waals surface area contributed by atoms with Crippen LogP contribution in [0.1, 0.15) is 46.1 Å². The van der Waals surface area contributed by atoms with Gasteiger partial charge >= 0.3 is 0 Å². The van der Waals surface area contributed by atoms with Crippen LogP contribution in [-0.2, 0) is 6.42 Å². The number of hydrogen-bond acceptors (Lipinski definition) is 2. The SMILES string of the molecule is CCNC(=NCCc1cc(F)ccc1F)NC(C)CCCN(CC)CC. The largest absolute Gasteiger partial charge is 0.357 e. The van der Waals surface area contributed by atoms with Gasteiger partial charge in [0.05, 0.1) is 0 Å². The summed E-state index contributed by atoms with van der Waals surface area (Å²) >= 11 is 0. The molecule has 0 aliphatic carbocycles. The molecule has 0 amide bonds. The normalized spacial score (nSPS) is 13.1. The number of benzene rings is 1. The smallest absolute Gasteiger partial charge is 0.191 e. The molecule has 26 heavy (non-hydrogen) atoms. The predicted octanol–water partition coefficient (Wildman–Crippen LogP) is 3.57. The topological polar surface area (TPSA) is 39.7 Å². The fourth-order valence-corrected chi connectivity index (χ4v) is 2.81. The molecule has 0 heterocycles. The quantitative estimate of drug-likeness (QED) is 0.463. The monoisotopic (exact) mass is 368 g/mol. The average molecular weight is 369 g/mol. The summed E-state index contributed by atoms with van der Waals surface area (Å²) in [6.07, 6.45) is 2.56. The van der Waals surface area contributed by atoms with Crippen LogP contribution in [0.5, 0.6) is 0 Å².